The molecule has 16 heavy (non-hydrogen) atoms. The second-order valence-electron chi connectivity index (χ2n) is 4.84. The Kier molecular flexibility index (Phi) is 3.29. The minimum absolute atomic E-state index is 0. The molecule has 3 heteroatoms. The van der Waals surface area contributed by atoms with Crippen LogP contribution in [-0.2, 0) is 6.42 Å². The monoisotopic (exact) mass is 238 g/mol. The average molecular weight is 239 g/mol. The van der Waals surface area contributed by atoms with E-state index in [2.05, 4.69) is 17.0 Å². The quantitative estimate of drug-likeness (QED) is 0.803. The van der Waals surface area contributed by atoms with Crippen molar-refractivity contribution in [1.29, 1.82) is 0 Å². The minimum Gasteiger partial charge on any atom is -0.398 e. The molecule has 1 aromatic carbocycles. The van der Waals surface area contributed by atoms with E-state index in [1.165, 1.54) is 43.6 Å². The summed E-state index contributed by atoms with van der Waals surface area (Å²) in [7, 11) is 0. The molecule has 1 aliphatic carbocycles. The van der Waals surface area contributed by atoms with Gasteiger partial charge in [0.15, 0.2) is 0 Å². The van der Waals surface area contributed by atoms with Gasteiger partial charge in [-0.05, 0) is 49.3 Å². The van der Waals surface area contributed by atoms with E-state index in [1.807, 2.05) is 6.07 Å². The van der Waals surface area contributed by atoms with E-state index >= 15 is 0 Å². The molecule has 0 radical (unpaired) electrons. The summed E-state index contributed by atoms with van der Waals surface area (Å²) in [5.41, 5.74) is 9.78. The van der Waals surface area contributed by atoms with Crippen molar-refractivity contribution >= 4 is 23.8 Å². The van der Waals surface area contributed by atoms with Crippen molar-refractivity contribution < 1.29 is 0 Å². The van der Waals surface area contributed by atoms with E-state index in [0.29, 0.717) is 0 Å². The summed E-state index contributed by atoms with van der Waals surface area (Å²) in [6, 6.07) is 6.34. The van der Waals surface area contributed by atoms with Gasteiger partial charge in [0, 0.05) is 24.5 Å². The van der Waals surface area contributed by atoms with Gasteiger partial charge in [0.25, 0.3) is 0 Å². The summed E-state index contributed by atoms with van der Waals surface area (Å²) >= 11 is 0. The fraction of sp³-hybridized carbons (Fsp3) is 0.538. The number of fused-ring (bicyclic) bond motifs is 1. The summed E-state index contributed by atoms with van der Waals surface area (Å²) < 4.78 is 0. The molecule has 1 heterocycles. The van der Waals surface area contributed by atoms with Gasteiger partial charge in [0.1, 0.15) is 0 Å². The van der Waals surface area contributed by atoms with Gasteiger partial charge in [-0.15, -0.1) is 12.4 Å². The molecule has 2 nitrogen and oxygen atoms in total. The maximum absolute atomic E-state index is 6.02. The van der Waals surface area contributed by atoms with Gasteiger partial charge in [0.05, 0.1) is 0 Å². The summed E-state index contributed by atoms with van der Waals surface area (Å²) in [5, 5.41) is 0. The first kappa shape index (κ1) is 11.6. The number of hydrogen-bond acceptors (Lipinski definition) is 2. The molecule has 0 bridgehead atoms. The molecule has 0 unspecified atom stereocenters. The third-order valence-electron chi connectivity index (χ3n) is 3.56. The molecule has 0 spiro atoms. The van der Waals surface area contributed by atoms with Crippen LogP contribution in [0.3, 0.4) is 0 Å². The molecule has 0 amide bonds. The highest BCUT2D eigenvalue weighted by Crippen LogP contribution is 2.36. The number of rotatable bonds is 2. The van der Waals surface area contributed by atoms with E-state index in [0.717, 1.165) is 18.0 Å². The van der Waals surface area contributed by atoms with Gasteiger partial charge < -0.3 is 10.6 Å². The Morgan fingerprint density at radius 1 is 1.31 bits per heavy atom. The topological polar surface area (TPSA) is 29.3 Å². The first-order valence-electron chi connectivity index (χ1n) is 5.97. The third-order valence-corrected chi connectivity index (χ3v) is 3.56. The van der Waals surface area contributed by atoms with Crippen LogP contribution in [0.1, 0.15) is 24.8 Å². The Morgan fingerprint density at radius 3 is 2.88 bits per heavy atom. The number of nitrogens with two attached hydrogens (primary N) is 1. The highest BCUT2D eigenvalue weighted by atomic mass is 35.5. The van der Waals surface area contributed by atoms with Crippen LogP contribution in [0.2, 0.25) is 0 Å². The maximum Gasteiger partial charge on any atom is 0.0419 e. The van der Waals surface area contributed by atoms with Crippen molar-refractivity contribution in [3.63, 3.8) is 0 Å². The first-order chi connectivity index (χ1) is 7.34. The Hall–Kier alpha value is -0.890. The van der Waals surface area contributed by atoms with Gasteiger partial charge in [-0.2, -0.15) is 0 Å². The van der Waals surface area contributed by atoms with Crippen molar-refractivity contribution in [2.24, 2.45) is 5.92 Å². The molecule has 0 aromatic heterocycles. The molecule has 1 aliphatic heterocycles. The zero-order valence-electron chi connectivity index (χ0n) is 9.48. The van der Waals surface area contributed by atoms with Crippen molar-refractivity contribution in [3.05, 3.63) is 23.8 Å². The van der Waals surface area contributed by atoms with Crippen molar-refractivity contribution in [3.8, 4) is 0 Å². The lowest BCUT2D eigenvalue weighted by Gasteiger charge is -2.32. The molecule has 2 aliphatic rings. The molecular weight excluding hydrogens is 220 g/mol. The Bertz CT molecular complexity index is 374. The standard InChI is InChI=1S/C13H18N2.ClH/c14-12-4-1-5-13-11(12)3-2-8-15(13)9-10-6-7-10;/h1,4-5,10H,2-3,6-9,14H2;1H. The third kappa shape index (κ3) is 2.12. The average Bonchev–Trinajstić information content (AvgIpc) is 3.04. The van der Waals surface area contributed by atoms with Gasteiger partial charge in [-0.25, -0.2) is 0 Å². The molecule has 3 rings (SSSR count). The van der Waals surface area contributed by atoms with Crippen molar-refractivity contribution in [2.45, 2.75) is 25.7 Å². The van der Waals surface area contributed by atoms with E-state index in [4.69, 9.17) is 5.73 Å². The Morgan fingerprint density at radius 2 is 2.12 bits per heavy atom. The van der Waals surface area contributed by atoms with Crippen molar-refractivity contribution in [2.75, 3.05) is 23.7 Å². The van der Waals surface area contributed by atoms with E-state index < -0.39 is 0 Å². The normalized spacial score (nSPS) is 18.9. The number of hydrogen-bond donors (Lipinski definition) is 1. The summed E-state index contributed by atoms with van der Waals surface area (Å²) in [4.78, 5) is 2.53. The van der Waals surface area contributed by atoms with E-state index in [-0.39, 0.29) is 12.4 Å². The summed E-state index contributed by atoms with van der Waals surface area (Å²) in [6.07, 6.45) is 5.26. The van der Waals surface area contributed by atoms with Crippen LogP contribution >= 0.6 is 12.4 Å². The molecule has 88 valence electrons. The van der Waals surface area contributed by atoms with Crippen LogP contribution in [0, 0.1) is 5.92 Å². The zero-order chi connectivity index (χ0) is 10.3. The molecule has 0 saturated heterocycles. The Labute approximate surface area is 103 Å². The second kappa shape index (κ2) is 4.54. The van der Waals surface area contributed by atoms with Crippen LogP contribution in [0.15, 0.2) is 18.2 Å². The van der Waals surface area contributed by atoms with Crippen LogP contribution in [0.4, 0.5) is 11.4 Å². The van der Waals surface area contributed by atoms with Crippen LogP contribution in [0.25, 0.3) is 0 Å². The summed E-state index contributed by atoms with van der Waals surface area (Å²) in [5.74, 6) is 0.956. The molecule has 0 atom stereocenters. The van der Waals surface area contributed by atoms with Crippen LogP contribution in [0.5, 0.6) is 0 Å². The molecular formula is C13H19ClN2. The molecule has 1 fully saturated rings. The van der Waals surface area contributed by atoms with Crippen molar-refractivity contribution in [1.82, 2.24) is 0 Å². The van der Waals surface area contributed by atoms with E-state index in [1.54, 1.807) is 0 Å². The van der Waals surface area contributed by atoms with E-state index in [9.17, 15) is 0 Å². The largest absolute Gasteiger partial charge is 0.398 e. The van der Waals surface area contributed by atoms with Gasteiger partial charge in [0.2, 0.25) is 0 Å². The predicted molar refractivity (Wildman–Crippen MR) is 71.4 cm³/mol. The lowest BCUT2D eigenvalue weighted by atomic mass is 9.99. The first-order valence-corrected chi connectivity index (χ1v) is 5.97. The lowest BCUT2D eigenvalue weighted by Crippen LogP contribution is -2.31. The fourth-order valence-electron chi connectivity index (χ4n) is 2.53. The van der Waals surface area contributed by atoms with Gasteiger partial charge >= 0.3 is 0 Å². The highest BCUT2D eigenvalue weighted by Gasteiger charge is 2.27. The summed E-state index contributed by atoms with van der Waals surface area (Å²) in [6.45, 7) is 2.46. The van der Waals surface area contributed by atoms with Crippen LogP contribution < -0.4 is 10.6 Å². The number of nitrogen functional groups attached to an aromatic ring is 1. The fourth-order valence-corrected chi connectivity index (χ4v) is 2.53. The van der Waals surface area contributed by atoms with Gasteiger partial charge in [-0.3, -0.25) is 0 Å². The zero-order valence-corrected chi connectivity index (χ0v) is 10.3. The smallest absolute Gasteiger partial charge is 0.0419 e. The lowest BCUT2D eigenvalue weighted by molar-refractivity contribution is 0.659. The van der Waals surface area contributed by atoms with Gasteiger partial charge in [-0.1, -0.05) is 6.07 Å². The number of nitrogens with zero attached hydrogens (tertiary/aromatic N) is 1. The second-order valence-corrected chi connectivity index (χ2v) is 4.84. The number of anilines is 2. The molecule has 1 saturated carbocycles. The number of halogens is 1. The maximum atomic E-state index is 6.02. The highest BCUT2D eigenvalue weighted by molar-refractivity contribution is 5.85. The Balaban J connectivity index is 0.000000963. The minimum atomic E-state index is 0. The SMILES string of the molecule is Cl.Nc1cccc2c1CCCN2CC1CC1. The predicted octanol–water partition coefficient (Wildman–Crippen LogP) is 2.85. The van der Waals surface area contributed by atoms with Crippen LogP contribution in [-0.4, -0.2) is 13.1 Å². The molecule has 2 N–H and O–H groups in total. The number of benzene rings is 1. The molecule has 1 aromatic rings.